The summed E-state index contributed by atoms with van der Waals surface area (Å²) in [7, 11) is 0. The van der Waals surface area contributed by atoms with Gasteiger partial charge in [-0.3, -0.25) is 9.59 Å². The van der Waals surface area contributed by atoms with E-state index < -0.39 is 6.04 Å². The van der Waals surface area contributed by atoms with Crippen LogP contribution in [0.3, 0.4) is 0 Å². The Morgan fingerprint density at radius 2 is 1.71 bits per heavy atom. The molecule has 5 heteroatoms. The summed E-state index contributed by atoms with van der Waals surface area (Å²) in [6.45, 7) is 8.78. The molecule has 0 aliphatic heterocycles. The van der Waals surface area contributed by atoms with Gasteiger partial charge in [0.2, 0.25) is 11.8 Å². The lowest BCUT2D eigenvalue weighted by Gasteiger charge is -2.29. The molecular weight excluding hydrogens is 372 g/mol. The molecule has 0 aliphatic rings. The van der Waals surface area contributed by atoms with E-state index in [0.29, 0.717) is 24.0 Å². The third kappa shape index (κ3) is 6.68. The Morgan fingerprint density at radius 1 is 1.04 bits per heavy atom. The Morgan fingerprint density at radius 3 is 2.32 bits per heavy atom. The molecule has 0 bridgehead atoms. The molecule has 0 aliphatic carbocycles. The van der Waals surface area contributed by atoms with Crippen LogP contribution in [0.2, 0.25) is 5.02 Å². The number of carbonyl (C=O) groups is 2. The van der Waals surface area contributed by atoms with Gasteiger partial charge in [-0.1, -0.05) is 67.4 Å². The van der Waals surface area contributed by atoms with Crippen molar-refractivity contribution >= 4 is 23.4 Å². The van der Waals surface area contributed by atoms with Gasteiger partial charge in [-0.05, 0) is 43.0 Å². The van der Waals surface area contributed by atoms with E-state index in [0.717, 1.165) is 16.7 Å². The van der Waals surface area contributed by atoms with E-state index in [4.69, 9.17) is 11.6 Å². The summed E-state index contributed by atoms with van der Waals surface area (Å²) in [5.41, 5.74) is 2.98. The van der Waals surface area contributed by atoms with Gasteiger partial charge in [-0.25, -0.2) is 0 Å². The fourth-order valence-electron chi connectivity index (χ4n) is 2.85. The zero-order chi connectivity index (χ0) is 20.7. The van der Waals surface area contributed by atoms with Gasteiger partial charge < -0.3 is 10.2 Å². The number of carbonyl (C=O) groups excluding carboxylic acids is 2. The maximum Gasteiger partial charge on any atom is 0.242 e. The zero-order valence-electron chi connectivity index (χ0n) is 17.0. The summed E-state index contributed by atoms with van der Waals surface area (Å²) in [4.78, 5) is 27.3. The molecular formula is C23H29ClN2O2. The first-order valence-corrected chi connectivity index (χ1v) is 10.0. The van der Waals surface area contributed by atoms with Crippen LogP contribution in [0, 0.1) is 12.8 Å². The van der Waals surface area contributed by atoms with Crippen LogP contribution in [0.5, 0.6) is 0 Å². The molecule has 2 aromatic rings. The summed E-state index contributed by atoms with van der Waals surface area (Å²) in [6.07, 6.45) is 0.253. The number of hydrogen-bond donors (Lipinski definition) is 1. The maximum atomic E-state index is 13.1. The number of rotatable bonds is 8. The predicted octanol–water partition coefficient (Wildman–Crippen LogP) is 4.38. The van der Waals surface area contributed by atoms with Gasteiger partial charge in [0.25, 0.3) is 0 Å². The molecule has 0 saturated heterocycles. The average molecular weight is 401 g/mol. The summed E-state index contributed by atoms with van der Waals surface area (Å²) < 4.78 is 0. The van der Waals surface area contributed by atoms with Gasteiger partial charge in [-0.15, -0.1) is 0 Å². The summed E-state index contributed by atoms with van der Waals surface area (Å²) in [5.74, 6) is 0.116. The highest BCUT2D eigenvalue weighted by Gasteiger charge is 2.26. The fourth-order valence-corrected chi connectivity index (χ4v) is 3.06. The number of benzene rings is 2. The summed E-state index contributed by atoms with van der Waals surface area (Å²) in [5, 5.41) is 3.54. The molecule has 2 aromatic carbocycles. The van der Waals surface area contributed by atoms with Crippen LogP contribution in [0.1, 0.15) is 37.5 Å². The molecule has 0 spiro atoms. The van der Waals surface area contributed by atoms with Gasteiger partial charge in [0, 0.05) is 18.1 Å². The van der Waals surface area contributed by atoms with Gasteiger partial charge in [0.05, 0.1) is 6.42 Å². The molecule has 0 aromatic heterocycles. The van der Waals surface area contributed by atoms with Crippen molar-refractivity contribution in [2.24, 2.45) is 5.92 Å². The standard InChI is InChI=1S/C23H29ClN2O2/c1-16(2)14-25-23(28)18(4)26(15-20-6-5-7-21(24)12-20)22(27)13-19-10-8-17(3)9-11-19/h5-12,16,18H,13-15H2,1-4H3,(H,25,28)/t18-/m0/s1. The lowest BCUT2D eigenvalue weighted by atomic mass is 10.1. The van der Waals surface area contributed by atoms with Crippen molar-refractivity contribution in [2.45, 2.75) is 46.7 Å². The summed E-state index contributed by atoms with van der Waals surface area (Å²) >= 11 is 6.10. The number of aryl methyl sites for hydroxylation is 1. The molecule has 0 heterocycles. The minimum atomic E-state index is -0.573. The van der Waals surface area contributed by atoms with Crippen LogP contribution in [-0.4, -0.2) is 29.3 Å². The van der Waals surface area contributed by atoms with E-state index in [-0.39, 0.29) is 18.2 Å². The predicted molar refractivity (Wildman–Crippen MR) is 114 cm³/mol. The minimum absolute atomic E-state index is 0.0870. The van der Waals surface area contributed by atoms with Crippen molar-refractivity contribution in [2.75, 3.05) is 6.54 Å². The SMILES string of the molecule is Cc1ccc(CC(=O)N(Cc2cccc(Cl)c2)[C@@H](C)C(=O)NCC(C)C)cc1. The second-order valence-corrected chi connectivity index (χ2v) is 8.07. The van der Waals surface area contributed by atoms with E-state index in [2.05, 4.69) is 5.32 Å². The minimum Gasteiger partial charge on any atom is -0.354 e. The molecule has 0 unspecified atom stereocenters. The van der Waals surface area contributed by atoms with E-state index in [1.807, 2.05) is 63.2 Å². The first-order valence-electron chi connectivity index (χ1n) is 9.63. The van der Waals surface area contributed by atoms with Crippen molar-refractivity contribution in [3.63, 3.8) is 0 Å². The fraction of sp³-hybridized carbons (Fsp3) is 0.391. The topological polar surface area (TPSA) is 49.4 Å². The number of nitrogens with zero attached hydrogens (tertiary/aromatic N) is 1. The highest BCUT2D eigenvalue weighted by atomic mass is 35.5. The quantitative estimate of drug-likeness (QED) is 0.714. The Labute approximate surface area is 172 Å². The first kappa shape index (κ1) is 22.0. The van der Waals surface area contributed by atoms with Crippen molar-refractivity contribution in [1.29, 1.82) is 0 Å². The highest BCUT2D eigenvalue weighted by molar-refractivity contribution is 6.30. The van der Waals surface area contributed by atoms with Crippen molar-refractivity contribution in [3.05, 3.63) is 70.2 Å². The van der Waals surface area contributed by atoms with Gasteiger partial charge in [0.1, 0.15) is 6.04 Å². The Hall–Kier alpha value is -2.33. The van der Waals surface area contributed by atoms with Crippen molar-refractivity contribution in [3.8, 4) is 0 Å². The van der Waals surface area contributed by atoms with E-state index in [9.17, 15) is 9.59 Å². The lowest BCUT2D eigenvalue weighted by Crippen LogP contribution is -2.48. The Kier molecular flexibility index (Phi) is 8.06. The van der Waals surface area contributed by atoms with Crippen LogP contribution in [0.25, 0.3) is 0 Å². The number of amides is 2. The molecule has 4 nitrogen and oxygen atoms in total. The molecule has 2 amide bonds. The molecule has 28 heavy (non-hydrogen) atoms. The Balaban J connectivity index is 2.19. The largest absolute Gasteiger partial charge is 0.354 e. The zero-order valence-corrected chi connectivity index (χ0v) is 17.8. The van der Waals surface area contributed by atoms with E-state index in [1.165, 1.54) is 0 Å². The van der Waals surface area contributed by atoms with Crippen molar-refractivity contribution < 1.29 is 9.59 Å². The second-order valence-electron chi connectivity index (χ2n) is 7.63. The molecule has 0 saturated carbocycles. The third-order valence-electron chi connectivity index (χ3n) is 4.57. The molecule has 150 valence electrons. The second kappa shape index (κ2) is 10.3. The summed E-state index contributed by atoms with van der Waals surface area (Å²) in [6, 6.07) is 14.7. The van der Waals surface area contributed by atoms with Gasteiger partial charge in [0.15, 0.2) is 0 Å². The van der Waals surface area contributed by atoms with E-state index >= 15 is 0 Å². The number of nitrogens with one attached hydrogen (secondary N) is 1. The van der Waals surface area contributed by atoms with Crippen LogP contribution in [0.15, 0.2) is 48.5 Å². The molecule has 1 atom stereocenters. The average Bonchev–Trinajstić information content (AvgIpc) is 2.65. The number of halogens is 1. The highest BCUT2D eigenvalue weighted by Crippen LogP contribution is 2.16. The molecule has 2 rings (SSSR count). The lowest BCUT2D eigenvalue weighted by molar-refractivity contribution is -0.140. The van der Waals surface area contributed by atoms with Crippen LogP contribution >= 0.6 is 11.6 Å². The van der Waals surface area contributed by atoms with Crippen molar-refractivity contribution in [1.82, 2.24) is 10.2 Å². The smallest absolute Gasteiger partial charge is 0.242 e. The van der Waals surface area contributed by atoms with Gasteiger partial charge >= 0.3 is 0 Å². The third-order valence-corrected chi connectivity index (χ3v) is 4.80. The Bertz CT molecular complexity index is 803. The molecule has 0 fully saturated rings. The number of hydrogen-bond acceptors (Lipinski definition) is 2. The normalized spacial score (nSPS) is 11.9. The maximum absolute atomic E-state index is 13.1. The van der Waals surface area contributed by atoms with E-state index in [1.54, 1.807) is 17.9 Å². The first-order chi connectivity index (χ1) is 13.3. The van der Waals surface area contributed by atoms with Gasteiger partial charge in [-0.2, -0.15) is 0 Å². The van der Waals surface area contributed by atoms with Crippen LogP contribution in [0.4, 0.5) is 0 Å². The monoisotopic (exact) mass is 400 g/mol. The molecule has 1 N–H and O–H groups in total. The van der Waals surface area contributed by atoms with Crippen LogP contribution in [-0.2, 0) is 22.6 Å². The van der Waals surface area contributed by atoms with Crippen LogP contribution < -0.4 is 5.32 Å². The molecule has 0 radical (unpaired) electrons.